The molecule has 266 valence electrons. The number of nitrogens with one attached hydrogen (secondary N) is 2. The zero-order valence-electron chi connectivity index (χ0n) is 30.9. The highest BCUT2D eigenvalue weighted by molar-refractivity contribution is 5.93. The van der Waals surface area contributed by atoms with Crippen LogP contribution in [0.2, 0.25) is 0 Å². The van der Waals surface area contributed by atoms with Gasteiger partial charge in [-0.15, -0.1) is 0 Å². The molecule has 2 N–H and O–H groups in total. The van der Waals surface area contributed by atoms with Crippen molar-refractivity contribution < 1.29 is 9.59 Å². The van der Waals surface area contributed by atoms with Gasteiger partial charge in [0.2, 0.25) is 11.8 Å². The van der Waals surface area contributed by atoms with Crippen molar-refractivity contribution in [3.05, 3.63) is 69.9 Å². The first-order chi connectivity index (χ1) is 24.6. The molecule has 2 amide bonds. The van der Waals surface area contributed by atoms with E-state index in [1.807, 2.05) is 6.20 Å². The predicted octanol–water partition coefficient (Wildman–Crippen LogP) is 8.45. The van der Waals surface area contributed by atoms with Crippen molar-refractivity contribution >= 4 is 34.5 Å². The molecule has 8 nitrogen and oxygen atoms in total. The number of hydrogen-bond acceptors (Lipinski definition) is 4. The Labute approximate surface area is 301 Å². The molecule has 3 aliphatic carbocycles. The van der Waals surface area contributed by atoms with Crippen LogP contribution in [-0.2, 0) is 28.9 Å². The average Bonchev–Trinajstić information content (AvgIpc) is 3.75. The summed E-state index contributed by atoms with van der Waals surface area (Å²) in [4.78, 5) is 47.9. The van der Waals surface area contributed by atoms with E-state index < -0.39 is 0 Å². The maximum atomic E-state index is 13.2. The van der Waals surface area contributed by atoms with E-state index in [-0.39, 0.29) is 23.9 Å². The maximum absolute atomic E-state index is 13.2. The highest BCUT2D eigenvalue weighted by Gasteiger charge is 2.55. The van der Waals surface area contributed by atoms with Gasteiger partial charge in [0.05, 0.1) is 35.0 Å². The van der Waals surface area contributed by atoms with E-state index in [0.717, 1.165) is 80.0 Å². The van der Waals surface area contributed by atoms with E-state index >= 15 is 0 Å². The minimum atomic E-state index is 0.0357. The van der Waals surface area contributed by atoms with Crippen LogP contribution in [0.1, 0.15) is 125 Å². The van der Waals surface area contributed by atoms with Gasteiger partial charge in [-0.1, -0.05) is 58.9 Å². The molecule has 2 aromatic heterocycles. The number of carbonyl (C=O) groups is 2. The summed E-state index contributed by atoms with van der Waals surface area (Å²) in [5.74, 6) is 4.65. The second-order valence-corrected chi connectivity index (χ2v) is 17.1. The van der Waals surface area contributed by atoms with E-state index in [2.05, 4.69) is 84.7 Å². The molecule has 4 aromatic rings. The number of hydrogen-bond donors (Lipinski definition) is 2. The number of aromatic amines is 2. The molecule has 1 saturated carbocycles. The Hall–Kier alpha value is -4.20. The third-order valence-electron chi connectivity index (χ3n) is 12.5. The van der Waals surface area contributed by atoms with Crippen LogP contribution in [0.15, 0.2) is 30.5 Å². The summed E-state index contributed by atoms with van der Waals surface area (Å²) in [5, 5.41) is 0. The summed E-state index contributed by atoms with van der Waals surface area (Å²) in [5.41, 5.74) is 12.8. The molecular weight excluding hydrogens is 633 g/mol. The van der Waals surface area contributed by atoms with Crippen molar-refractivity contribution in [3.8, 4) is 11.3 Å². The fraction of sp³-hybridized carbons (Fsp3) is 0.535. The number of nitrogens with zero attached hydrogens (tertiary/aromatic N) is 4. The number of H-pyrrole nitrogens is 2. The van der Waals surface area contributed by atoms with Gasteiger partial charge in [0.15, 0.2) is 0 Å². The Kier molecular flexibility index (Phi) is 8.00. The van der Waals surface area contributed by atoms with Crippen LogP contribution < -0.4 is 0 Å². The standard InChI is InChI=1S/C43H52N6O2/c1-23(2)16-38(50)48-15-7-10-37(48)42-45-35-14-11-26-19-32(25(5)18-33(26)40(35)47-42)30-12-13-31(29-9-6-8-28(29)30)36-21-44-43(46-36)41-34-20-27(34)22-49(41)39(51)17-24(3)4/h11-14,19,21,23-25,27,34,37,41H,6-10,15-18,20,22H2,1-5H3,(H,44,46)(H,45,47)/t25?,27-,34-,37+,41+/m1/s1. The first kappa shape index (κ1) is 32.7. The first-order valence-corrected chi connectivity index (χ1v) is 19.7. The SMILES string of the molecule is CC(C)CC(=O)N1C[C@H]2C[C@H]2[C@H]1c1ncc(-c2ccc(C3=Cc4ccc5[nH]c([C@@H]6CCCN6C(=O)CC(C)C)nc5c4CC3C)c3c2CCC3)[nH]1. The van der Waals surface area contributed by atoms with Gasteiger partial charge in [0.25, 0.3) is 0 Å². The molecule has 9 rings (SSSR count). The molecule has 2 saturated heterocycles. The molecule has 5 atom stereocenters. The molecule has 51 heavy (non-hydrogen) atoms. The number of fused-ring (bicyclic) bond motifs is 5. The van der Waals surface area contributed by atoms with Crippen molar-refractivity contribution in [3.63, 3.8) is 0 Å². The monoisotopic (exact) mass is 684 g/mol. The molecule has 1 unspecified atom stereocenters. The van der Waals surface area contributed by atoms with Crippen molar-refractivity contribution in [1.82, 2.24) is 29.7 Å². The van der Waals surface area contributed by atoms with Crippen molar-refractivity contribution in [2.24, 2.45) is 29.6 Å². The number of piperidine rings is 1. The highest BCUT2D eigenvalue weighted by atomic mass is 16.2. The van der Waals surface area contributed by atoms with E-state index in [4.69, 9.17) is 9.97 Å². The van der Waals surface area contributed by atoms with Crippen LogP contribution in [-0.4, -0.2) is 54.6 Å². The number of imidazole rings is 2. The van der Waals surface area contributed by atoms with Crippen LogP contribution in [0.25, 0.3) is 33.9 Å². The Balaban J connectivity index is 1.01. The van der Waals surface area contributed by atoms with E-state index in [9.17, 15) is 9.59 Å². The third-order valence-corrected chi connectivity index (χ3v) is 12.5. The van der Waals surface area contributed by atoms with E-state index in [0.29, 0.717) is 42.4 Å². The number of carbonyl (C=O) groups excluding carboxylic acids is 2. The minimum Gasteiger partial charge on any atom is -0.340 e. The lowest BCUT2D eigenvalue weighted by Gasteiger charge is -2.27. The fourth-order valence-corrected chi connectivity index (χ4v) is 9.95. The average molecular weight is 685 g/mol. The largest absolute Gasteiger partial charge is 0.340 e. The summed E-state index contributed by atoms with van der Waals surface area (Å²) in [6.07, 6.45) is 13.1. The molecule has 4 heterocycles. The number of aromatic nitrogens is 4. The Morgan fingerprint density at radius 2 is 1.63 bits per heavy atom. The van der Waals surface area contributed by atoms with E-state index in [1.165, 1.54) is 45.4 Å². The van der Waals surface area contributed by atoms with Gasteiger partial charge in [-0.3, -0.25) is 9.59 Å². The van der Waals surface area contributed by atoms with Gasteiger partial charge in [-0.2, -0.15) is 0 Å². The second kappa shape index (κ2) is 12.5. The van der Waals surface area contributed by atoms with Gasteiger partial charge < -0.3 is 19.8 Å². The van der Waals surface area contributed by atoms with Crippen LogP contribution in [0.3, 0.4) is 0 Å². The second-order valence-electron chi connectivity index (χ2n) is 17.1. The molecular formula is C43H52N6O2. The lowest BCUT2D eigenvalue weighted by atomic mass is 9.79. The third kappa shape index (κ3) is 5.64. The van der Waals surface area contributed by atoms with E-state index in [1.54, 1.807) is 0 Å². The van der Waals surface area contributed by atoms with Crippen molar-refractivity contribution in [2.45, 2.75) is 104 Å². The van der Waals surface area contributed by atoms with Crippen LogP contribution in [0.5, 0.6) is 0 Å². The van der Waals surface area contributed by atoms with Gasteiger partial charge in [-0.25, -0.2) is 9.97 Å². The number of likely N-dealkylation sites (tertiary alicyclic amines) is 2. The summed E-state index contributed by atoms with van der Waals surface area (Å²) in [6, 6.07) is 9.22. The van der Waals surface area contributed by atoms with Crippen molar-refractivity contribution in [1.29, 1.82) is 0 Å². The lowest BCUT2D eigenvalue weighted by molar-refractivity contribution is -0.134. The Morgan fingerprint density at radius 1 is 0.882 bits per heavy atom. The van der Waals surface area contributed by atoms with Crippen LogP contribution in [0.4, 0.5) is 0 Å². The summed E-state index contributed by atoms with van der Waals surface area (Å²) < 4.78 is 0. The smallest absolute Gasteiger partial charge is 0.223 e. The van der Waals surface area contributed by atoms with Gasteiger partial charge in [0.1, 0.15) is 11.6 Å². The van der Waals surface area contributed by atoms with Crippen LogP contribution >= 0.6 is 0 Å². The summed E-state index contributed by atoms with van der Waals surface area (Å²) >= 11 is 0. The zero-order valence-corrected chi connectivity index (χ0v) is 30.9. The predicted molar refractivity (Wildman–Crippen MR) is 202 cm³/mol. The first-order valence-electron chi connectivity index (χ1n) is 19.7. The van der Waals surface area contributed by atoms with Gasteiger partial charge in [-0.05, 0) is 114 Å². The zero-order chi connectivity index (χ0) is 35.1. The molecule has 0 spiro atoms. The number of allylic oxidation sites excluding steroid dienone is 1. The topological polar surface area (TPSA) is 98.0 Å². The maximum Gasteiger partial charge on any atom is 0.223 e. The number of amides is 2. The molecule has 5 aliphatic rings. The molecule has 3 fully saturated rings. The highest BCUT2D eigenvalue weighted by Crippen LogP contribution is 2.56. The number of benzene rings is 2. The van der Waals surface area contributed by atoms with Gasteiger partial charge >= 0.3 is 0 Å². The Bertz CT molecular complexity index is 2070. The molecule has 8 heteroatoms. The minimum absolute atomic E-state index is 0.0357. The quantitative estimate of drug-likeness (QED) is 0.195. The molecule has 2 aliphatic heterocycles. The van der Waals surface area contributed by atoms with Crippen LogP contribution in [0, 0.1) is 29.6 Å². The fourth-order valence-electron chi connectivity index (χ4n) is 9.95. The van der Waals surface area contributed by atoms with Gasteiger partial charge in [0, 0.05) is 31.5 Å². The normalized spacial score (nSPS) is 25.2. The Morgan fingerprint density at radius 3 is 2.41 bits per heavy atom. The molecule has 0 radical (unpaired) electrons. The molecule has 0 bridgehead atoms. The summed E-state index contributed by atoms with van der Waals surface area (Å²) in [6.45, 7) is 12.5. The molecule has 2 aromatic carbocycles. The summed E-state index contributed by atoms with van der Waals surface area (Å²) in [7, 11) is 0. The lowest BCUT2D eigenvalue weighted by Crippen LogP contribution is -2.34. The van der Waals surface area contributed by atoms with Crippen molar-refractivity contribution in [2.75, 3.05) is 13.1 Å². The number of rotatable bonds is 8.